The Bertz CT molecular complexity index is 605. The van der Waals surface area contributed by atoms with Crippen LogP contribution in [0.2, 0.25) is 0 Å². The first kappa shape index (κ1) is 14.9. The fraction of sp³-hybridized carbons (Fsp3) is 0.600. The minimum Gasteiger partial charge on any atom is -0.299 e. The monoisotopic (exact) mass is 312 g/mol. The van der Waals surface area contributed by atoms with Gasteiger partial charge in [0.15, 0.2) is 0 Å². The molecule has 2 fully saturated rings. The zero-order valence-electron chi connectivity index (χ0n) is 12.0. The summed E-state index contributed by atoms with van der Waals surface area (Å²) in [7, 11) is -3.45. The summed E-state index contributed by atoms with van der Waals surface area (Å²) < 4.78 is 40.4. The van der Waals surface area contributed by atoms with Gasteiger partial charge in [0.05, 0.1) is 5.75 Å². The van der Waals surface area contributed by atoms with Crippen molar-refractivity contribution in [2.45, 2.75) is 31.1 Å². The first-order chi connectivity index (χ1) is 10.1. The number of fused-ring (bicyclic) bond motifs is 1. The van der Waals surface area contributed by atoms with E-state index in [1.165, 1.54) is 6.07 Å². The minimum atomic E-state index is -3.45. The molecule has 0 saturated carbocycles. The van der Waals surface area contributed by atoms with E-state index >= 15 is 0 Å². The summed E-state index contributed by atoms with van der Waals surface area (Å²) in [5.74, 6) is -0.690. The number of benzene rings is 1. The average Bonchev–Trinajstić information content (AvgIpc) is 2.78. The van der Waals surface area contributed by atoms with E-state index in [4.69, 9.17) is 0 Å². The standard InChI is InChI=1S/C15H21FN2O2S/c16-15-7-2-1-5-13(15)12-21(19,20)18-10-4-9-17-8-3-6-14(17)11-18/h1-2,5,7,14H,3-4,6,8-12H2/t14-/m1/s1. The van der Waals surface area contributed by atoms with Gasteiger partial charge in [-0.05, 0) is 38.4 Å². The van der Waals surface area contributed by atoms with Crippen molar-refractivity contribution in [2.24, 2.45) is 0 Å². The third kappa shape index (κ3) is 3.27. The maximum absolute atomic E-state index is 13.7. The van der Waals surface area contributed by atoms with Crippen LogP contribution in [0.3, 0.4) is 0 Å². The van der Waals surface area contributed by atoms with E-state index in [1.807, 2.05) is 0 Å². The van der Waals surface area contributed by atoms with Crippen LogP contribution in [0.25, 0.3) is 0 Å². The summed E-state index contributed by atoms with van der Waals surface area (Å²) in [5, 5.41) is 0. The largest absolute Gasteiger partial charge is 0.299 e. The van der Waals surface area contributed by atoms with Crippen LogP contribution < -0.4 is 0 Å². The van der Waals surface area contributed by atoms with Crippen LogP contribution in [0.4, 0.5) is 4.39 Å². The molecule has 1 aromatic carbocycles. The van der Waals surface area contributed by atoms with Crippen LogP contribution >= 0.6 is 0 Å². The highest BCUT2D eigenvalue weighted by Gasteiger charge is 2.33. The van der Waals surface area contributed by atoms with Gasteiger partial charge < -0.3 is 0 Å². The smallest absolute Gasteiger partial charge is 0.218 e. The van der Waals surface area contributed by atoms with Gasteiger partial charge in [0, 0.05) is 24.7 Å². The van der Waals surface area contributed by atoms with E-state index in [2.05, 4.69) is 4.90 Å². The number of halogens is 1. The van der Waals surface area contributed by atoms with Crippen LogP contribution in [0, 0.1) is 5.82 Å². The van der Waals surface area contributed by atoms with Crippen molar-refractivity contribution in [1.29, 1.82) is 0 Å². The Hall–Kier alpha value is -0.980. The second kappa shape index (κ2) is 6.02. The fourth-order valence-electron chi connectivity index (χ4n) is 3.33. The molecule has 0 aliphatic carbocycles. The lowest BCUT2D eigenvalue weighted by molar-refractivity contribution is 0.257. The van der Waals surface area contributed by atoms with Gasteiger partial charge in [0.1, 0.15) is 5.82 Å². The molecule has 3 rings (SSSR count). The molecule has 21 heavy (non-hydrogen) atoms. The van der Waals surface area contributed by atoms with Crippen molar-refractivity contribution in [3.05, 3.63) is 35.6 Å². The Morgan fingerprint density at radius 3 is 2.71 bits per heavy atom. The van der Waals surface area contributed by atoms with Crippen molar-refractivity contribution in [3.63, 3.8) is 0 Å². The molecule has 2 saturated heterocycles. The van der Waals surface area contributed by atoms with E-state index in [0.29, 0.717) is 19.1 Å². The van der Waals surface area contributed by atoms with Crippen LogP contribution in [-0.2, 0) is 15.8 Å². The van der Waals surface area contributed by atoms with Gasteiger partial charge in [-0.2, -0.15) is 0 Å². The molecule has 0 aromatic heterocycles. The zero-order valence-corrected chi connectivity index (χ0v) is 12.9. The topological polar surface area (TPSA) is 40.6 Å². The summed E-state index contributed by atoms with van der Waals surface area (Å²) in [4.78, 5) is 2.39. The molecule has 2 aliphatic rings. The molecule has 4 nitrogen and oxygen atoms in total. The summed E-state index contributed by atoms with van der Waals surface area (Å²) in [5.41, 5.74) is 0.255. The van der Waals surface area contributed by atoms with E-state index < -0.39 is 15.8 Å². The molecule has 0 unspecified atom stereocenters. The van der Waals surface area contributed by atoms with Crippen LogP contribution in [0.1, 0.15) is 24.8 Å². The molecule has 6 heteroatoms. The molecular weight excluding hydrogens is 291 g/mol. The molecule has 0 amide bonds. The molecule has 0 bridgehead atoms. The van der Waals surface area contributed by atoms with Crippen molar-refractivity contribution in [1.82, 2.24) is 9.21 Å². The van der Waals surface area contributed by atoms with Gasteiger partial charge >= 0.3 is 0 Å². The number of nitrogens with zero attached hydrogens (tertiary/aromatic N) is 2. The maximum atomic E-state index is 13.7. The Kier molecular flexibility index (Phi) is 4.28. The van der Waals surface area contributed by atoms with Crippen molar-refractivity contribution >= 4 is 10.0 Å². The van der Waals surface area contributed by atoms with Gasteiger partial charge in [-0.3, -0.25) is 4.90 Å². The molecule has 116 valence electrons. The summed E-state index contributed by atoms with van der Waals surface area (Å²) in [6.07, 6.45) is 3.06. The van der Waals surface area contributed by atoms with Gasteiger partial charge in [-0.1, -0.05) is 18.2 Å². The van der Waals surface area contributed by atoms with Crippen molar-refractivity contribution < 1.29 is 12.8 Å². The molecular formula is C15H21FN2O2S. The van der Waals surface area contributed by atoms with Gasteiger partial charge in [0.2, 0.25) is 10.0 Å². The number of rotatable bonds is 3. The normalized spacial score (nSPS) is 24.7. The first-order valence-corrected chi connectivity index (χ1v) is 9.12. The Morgan fingerprint density at radius 2 is 1.90 bits per heavy atom. The Balaban J connectivity index is 1.76. The van der Waals surface area contributed by atoms with Crippen LogP contribution in [0.15, 0.2) is 24.3 Å². The summed E-state index contributed by atoms with van der Waals surface area (Å²) in [6, 6.07) is 6.45. The number of hydrogen-bond acceptors (Lipinski definition) is 3. The third-order valence-corrected chi connectivity index (χ3v) is 6.25. The quantitative estimate of drug-likeness (QED) is 0.855. The molecule has 0 radical (unpaired) electrons. The highest BCUT2D eigenvalue weighted by molar-refractivity contribution is 7.88. The fourth-order valence-corrected chi connectivity index (χ4v) is 4.94. The lowest BCUT2D eigenvalue weighted by atomic mass is 10.2. The first-order valence-electron chi connectivity index (χ1n) is 7.51. The summed E-state index contributed by atoms with van der Waals surface area (Å²) in [6.45, 7) is 3.14. The molecule has 0 N–H and O–H groups in total. The second-order valence-corrected chi connectivity index (χ2v) is 7.86. The lowest BCUT2D eigenvalue weighted by Crippen LogP contribution is -2.40. The van der Waals surface area contributed by atoms with E-state index in [1.54, 1.807) is 22.5 Å². The molecule has 2 heterocycles. The van der Waals surface area contributed by atoms with Crippen molar-refractivity contribution in [2.75, 3.05) is 26.2 Å². The molecule has 1 atom stereocenters. The Labute approximate surface area is 125 Å². The number of hydrogen-bond donors (Lipinski definition) is 0. The van der Waals surface area contributed by atoms with E-state index in [-0.39, 0.29) is 11.3 Å². The molecule has 2 aliphatic heterocycles. The van der Waals surface area contributed by atoms with Crippen LogP contribution in [-0.4, -0.2) is 49.8 Å². The van der Waals surface area contributed by atoms with Gasteiger partial charge in [0.25, 0.3) is 0 Å². The highest BCUT2D eigenvalue weighted by Crippen LogP contribution is 2.24. The number of sulfonamides is 1. The minimum absolute atomic E-state index is 0.244. The van der Waals surface area contributed by atoms with Crippen LogP contribution in [0.5, 0.6) is 0 Å². The highest BCUT2D eigenvalue weighted by atomic mass is 32.2. The average molecular weight is 312 g/mol. The third-order valence-electron chi connectivity index (χ3n) is 4.46. The van der Waals surface area contributed by atoms with E-state index in [9.17, 15) is 12.8 Å². The lowest BCUT2D eigenvalue weighted by Gasteiger charge is -2.25. The predicted molar refractivity (Wildman–Crippen MR) is 79.8 cm³/mol. The van der Waals surface area contributed by atoms with Gasteiger partial charge in [-0.25, -0.2) is 17.1 Å². The Morgan fingerprint density at radius 1 is 1.14 bits per heavy atom. The zero-order chi connectivity index (χ0) is 14.9. The van der Waals surface area contributed by atoms with Gasteiger partial charge in [-0.15, -0.1) is 0 Å². The second-order valence-electron chi connectivity index (χ2n) is 5.89. The molecule has 1 aromatic rings. The van der Waals surface area contributed by atoms with E-state index in [0.717, 1.165) is 32.4 Å². The van der Waals surface area contributed by atoms with Crippen molar-refractivity contribution in [3.8, 4) is 0 Å². The SMILES string of the molecule is O=S(=O)(Cc1ccccc1F)N1CCCN2CCC[C@@H]2C1. The predicted octanol–water partition coefficient (Wildman–Crippen LogP) is 1.83. The molecule has 0 spiro atoms. The maximum Gasteiger partial charge on any atom is 0.218 e. The summed E-state index contributed by atoms with van der Waals surface area (Å²) >= 11 is 0.